The molecule has 0 aliphatic carbocycles. The maximum atomic E-state index is 10.2. The molecule has 0 rings (SSSR count). The van der Waals surface area contributed by atoms with Crippen molar-refractivity contribution >= 4 is 11.9 Å². The SMILES string of the molecule is O=C(O)C(O)C(O)C(O)C(O)C(O)CO.O=C(O)C(O)C(O)C(O)C(O)C(O)CO.[Co]. The fraction of sp³-hybridized carbons (Fsp3) is 0.857. The molecule has 16 nitrogen and oxygen atoms in total. The molecule has 0 saturated heterocycles. The summed E-state index contributed by atoms with van der Waals surface area (Å²) < 4.78 is 0. The number of carboxylic acid groups (broad SMARTS) is 2. The summed E-state index contributed by atoms with van der Waals surface area (Å²) in [5.74, 6) is -3.57. The summed E-state index contributed by atoms with van der Waals surface area (Å²) in [5, 5.41) is 123. The van der Waals surface area contributed by atoms with Crippen LogP contribution in [0, 0.1) is 0 Å². The Hall–Kier alpha value is -1.03. The van der Waals surface area contributed by atoms with Crippen LogP contribution in [0.2, 0.25) is 0 Å². The molecule has 0 bridgehead atoms. The first kappa shape index (κ1) is 34.6. The number of aliphatic hydroxyl groups excluding tert-OH is 12. The first-order valence-electron chi connectivity index (χ1n) is 8.13. The number of hydrogen-bond donors (Lipinski definition) is 14. The summed E-state index contributed by atoms with van der Waals surface area (Å²) in [5.41, 5.74) is 0. The molecule has 10 atom stereocenters. The van der Waals surface area contributed by atoms with Gasteiger partial charge in [-0.15, -0.1) is 0 Å². The van der Waals surface area contributed by atoms with Crippen LogP contribution in [0.4, 0.5) is 0 Å². The molecule has 0 aliphatic rings. The zero-order valence-electron chi connectivity index (χ0n) is 15.6. The van der Waals surface area contributed by atoms with Gasteiger partial charge in [0.15, 0.2) is 12.2 Å². The Morgan fingerprint density at radius 2 is 0.710 bits per heavy atom. The van der Waals surface area contributed by atoms with Crippen molar-refractivity contribution in [2.45, 2.75) is 61.0 Å². The minimum atomic E-state index is -2.29. The fourth-order valence-corrected chi connectivity index (χ4v) is 1.74. The molecule has 0 saturated carbocycles. The molecule has 0 amide bonds. The molecular formula is C14H28CoO16. The number of carbonyl (C=O) groups is 2. The van der Waals surface area contributed by atoms with E-state index in [4.69, 9.17) is 71.5 Å². The first-order chi connectivity index (χ1) is 13.6. The van der Waals surface area contributed by atoms with Crippen LogP contribution >= 0.6 is 0 Å². The van der Waals surface area contributed by atoms with Crippen molar-refractivity contribution in [2.75, 3.05) is 13.2 Å². The summed E-state index contributed by atoms with van der Waals surface area (Å²) in [7, 11) is 0. The Balaban J connectivity index is -0.000000490. The van der Waals surface area contributed by atoms with E-state index in [2.05, 4.69) is 0 Å². The van der Waals surface area contributed by atoms with Gasteiger partial charge < -0.3 is 71.5 Å². The van der Waals surface area contributed by atoms with Crippen LogP contribution in [0.3, 0.4) is 0 Å². The van der Waals surface area contributed by atoms with Gasteiger partial charge in [0.2, 0.25) is 0 Å². The van der Waals surface area contributed by atoms with E-state index in [9.17, 15) is 9.59 Å². The van der Waals surface area contributed by atoms with Crippen LogP contribution in [-0.2, 0) is 26.4 Å². The number of hydrogen-bond acceptors (Lipinski definition) is 14. The zero-order valence-corrected chi connectivity index (χ0v) is 16.6. The van der Waals surface area contributed by atoms with E-state index >= 15 is 0 Å². The molecule has 17 heteroatoms. The normalized spacial score (nSPS) is 20.8. The van der Waals surface area contributed by atoms with E-state index in [1.165, 1.54) is 0 Å². The second-order valence-corrected chi connectivity index (χ2v) is 6.01. The van der Waals surface area contributed by atoms with Gasteiger partial charge in [-0.05, 0) is 0 Å². The van der Waals surface area contributed by atoms with Gasteiger partial charge in [-0.3, -0.25) is 0 Å². The zero-order chi connectivity index (χ0) is 24.3. The third kappa shape index (κ3) is 11.4. The van der Waals surface area contributed by atoms with E-state index in [0.717, 1.165) is 0 Å². The Morgan fingerprint density at radius 3 is 0.871 bits per heavy atom. The van der Waals surface area contributed by atoms with Gasteiger partial charge >= 0.3 is 11.9 Å². The standard InChI is InChI=1S/2C7H14O8.Co/c2*8-1-2(9)3(10)4(11)5(12)6(13)7(14)15;/h2*2-6,8-13H,1H2,(H,14,15);. The Labute approximate surface area is 184 Å². The van der Waals surface area contributed by atoms with Gasteiger partial charge in [0, 0.05) is 16.8 Å². The van der Waals surface area contributed by atoms with Crippen molar-refractivity contribution in [2.24, 2.45) is 0 Å². The minimum absolute atomic E-state index is 0. The average molecular weight is 511 g/mol. The molecule has 0 heterocycles. The molecule has 0 aliphatic heterocycles. The van der Waals surface area contributed by atoms with Gasteiger partial charge in [0.05, 0.1) is 13.2 Å². The van der Waals surface area contributed by atoms with Gasteiger partial charge in [0.25, 0.3) is 0 Å². The number of carboxylic acids is 2. The van der Waals surface area contributed by atoms with Crippen LogP contribution in [0.5, 0.6) is 0 Å². The number of aliphatic carboxylic acids is 2. The van der Waals surface area contributed by atoms with Crippen molar-refractivity contribution in [3.05, 3.63) is 0 Å². The largest absolute Gasteiger partial charge is 0.479 e. The maximum absolute atomic E-state index is 10.2. The van der Waals surface area contributed by atoms with Crippen molar-refractivity contribution in [1.82, 2.24) is 0 Å². The van der Waals surface area contributed by atoms with E-state index < -0.39 is 86.2 Å². The van der Waals surface area contributed by atoms with Crippen molar-refractivity contribution in [1.29, 1.82) is 0 Å². The van der Waals surface area contributed by atoms with E-state index in [1.807, 2.05) is 0 Å². The van der Waals surface area contributed by atoms with Gasteiger partial charge in [0.1, 0.15) is 48.8 Å². The molecule has 10 unspecified atom stereocenters. The summed E-state index contributed by atoms with van der Waals surface area (Å²) in [6.07, 6.45) is -20.5. The number of rotatable bonds is 12. The molecule has 189 valence electrons. The topological polar surface area (TPSA) is 317 Å². The summed E-state index contributed by atoms with van der Waals surface area (Å²) in [6, 6.07) is 0. The van der Waals surface area contributed by atoms with Crippen LogP contribution in [0.1, 0.15) is 0 Å². The molecule has 0 aromatic carbocycles. The monoisotopic (exact) mass is 511 g/mol. The van der Waals surface area contributed by atoms with Crippen LogP contribution in [0.15, 0.2) is 0 Å². The second kappa shape index (κ2) is 16.6. The van der Waals surface area contributed by atoms with Gasteiger partial charge in [-0.1, -0.05) is 0 Å². The predicted molar refractivity (Wildman–Crippen MR) is 89.5 cm³/mol. The van der Waals surface area contributed by atoms with E-state index in [-0.39, 0.29) is 16.8 Å². The van der Waals surface area contributed by atoms with E-state index in [0.29, 0.717) is 0 Å². The summed E-state index contributed by atoms with van der Waals surface area (Å²) in [4.78, 5) is 20.4. The second-order valence-electron chi connectivity index (χ2n) is 6.01. The molecule has 14 N–H and O–H groups in total. The number of aliphatic hydroxyl groups is 12. The van der Waals surface area contributed by atoms with Gasteiger partial charge in [-0.2, -0.15) is 0 Å². The van der Waals surface area contributed by atoms with Crippen molar-refractivity contribution < 1.29 is 97.9 Å². The molecule has 0 aromatic heterocycles. The molecule has 31 heavy (non-hydrogen) atoms. The average Bonchev–Trinajstić information content (AvgIpc) is 2.73. The third-order valence-electron chi connectivity index (χ3n) is 3.72. The maximum Gasteiger partial charge on any atom is 0.335 e. The molecular weight excluding hydrogens is 483 g/mol. The molecule has 0 aromatic rings. The van der Waals surface area contributed by atoms with Crippen molar-refractivity contribution in [3.63, 3.8) is 0 Å². The van der Waals surface area contributed by atoms with Crippen LogP contribution in [-0.4, -0.2) is 158 Å². The first-order valence-corrected chi connectivity index (χ1v) is 8.13. The smallest absolute Gasteiger partial charge is 0.335 e. The summed E-state index contributed by atoms with van der Waals surface area (Å²) in [6.45, 7) is -1.76. The predicted octanol–water partition coefficient (Wildman–Crippen LogP) is -8.27. The molecule has 0 fully saturated rings. The molecule has 0 spiro atoms. The van der Waals surface area contributed by atoms with E-state index in [1.54, 1.807) is 0 Å². The van der Waals surface area contributed by atoms with Crippen molar-refractivity contribution in [3.8, 4) is 0 Å². The minimum Gasteiger partial charge on any atom is -0.479 e. The quantitative estimate of drug-likeness (QED) is 0.116. The fourth-order valence-electron chi connectivity index (χ4n) is 1.74. The molecule has 1 radical (unpaired) electrons. The summed E-state index contributed by atoms with van der Waals surface area (Å²) >= 11 is 0. The third-order valence-corrected chi connectivity index (χ3v) is 3.72. The Bertz CT molecular complexity index is 465. The Morgan fingerprint density at radius 1 is 0.484 bits per heavy atom. The Kier molecular flexibility index (Phi) is 18.5. The van der Waals surface area contributed by atoms with Crippen LogP contribution in [0.25, 0.3) is 0 Å². The van der Waals surface area contributed by atoms with Gasteiger partial charge in [-0.25, -0.2) is 9.59 Å². The van der Waals surface area contributed by atoms with Crippen LogP contribution < -0.4 is 0 Å².